The van der Waals surface area contributed by atoms with E-state index in [4.69, 9.17) is 9.47 Å². The van der Waals surface area contributed by atoms with Crippen LogP contribution in [0.1, 0.15) is 29.2 Å². The van der Waals surface area contributed by atoms with E-state index >= 15 is 0 Å². The van der Waals surface area contributed by atoms with Crippen LogP contribution in [0, 0.1) is 6.92 Å². The molecule has 0 radical (unpaired) electrons. The maximum absolute atomic E-state index is 13.2. The lowest BCUT2D eigenvalue weighted by molar-refractivity contribution is -0.140. The van der Waals surface area contributed by atoms with Crippen LogP contribution in [0.5, 0.6) is 5.75 Å². The SMILES string of the molecule is C=CCOc1ccc(/C(O)=C2\C(=O)C(=O)N(CCCN3CCOCC3)C2c2ccc(C)cc2)cc1. The smallest absolute Gasteiger partial charge is 0.295 e. The average Bonchev–Trinajstić information content (AvgIpc) is 3.13. The number of ketones is 1. The van der Waals surface area contributed by atoms with E-state index in [2.05, 4.69) is 11.5 Å². The highest BCUT2D eigenvalue weighted by Crippen LogP contribution is 2.39. The van der Waals surface area contributed by atoms with Crippen molar-refractivity contribution in [2.75, 3.05) is 46.0 Å². The highest BCUT2D eigenvalue weighted by molar-refractivity contribution is 6.46. The van der Waals surface area contributed by atoms with E-state index in [1.807, 2.05) is 31.2 Å². The molecule has 35 heavy (non-hydrogen) atoms. The standard InChI is InChI=1S/C28H32N2O5/c1-3-17-35-23-11-9-22(10-12-23)26(31)24-25(21-7-5-20(2)6-8-21)30(28(33)27(24)32)14-4-13-29-15-18-34-19-16-29/h3,5-12,25,31H,1,4,13-19H2,2H3/b26-24+. The molecule has 2 aromatic rings. The Balaban J connectivity index is 1.63. The van der Waals surface area contributed by atoms with Crippen molar-refractivity contribution in [2.45, 2.75) is 19.4 Å². The van der Waals surface area contributed by atoms with Crippen LogP contribution >= 0.6 is 0 Å². The van der Waals surface area contributed by atoms with Crippen molar-refractivity contribution in [3.05, 3.63) is 83.4 Å². The zero-order valence-corrected chi connectivity index (χ0v) is 20.1. The molecule has 1 unspecified atom stereocenters. The largest absolute Gasteiger partial charge is 0.507 e. The average molecular weight is 477 g/mol. The third kappa shape index (κ3) is 5.63. The summed E-state index contributed by atoms with van der Waals surface area (Å²) >= 11 is 0. The number of Topliss-reactive ketones (excluding diaryl/α,β-unsaturated/α-hetero) is 1. The van der Waals surface area contributed by atoms with Gasteiger partial charge in [0.05, 0.1) is 24.8 Å². The maximum atomic E-state index is 13.2. The molecule has 2 heterocycles. The molecule has 0 aromatic heterocycles. The Morgan fingerprint density at radius 3 is 2.43 bits per heavy atom. The van der Waals surface area contributed by atoms with Crippen molar-refractivity contribution in [3.63, 3.8) is 0 Å². The third-order valence-corrected chi connectivity index (χ3v) is 6.41. The van der Waals surface area contributed by atoms with Crippen LogP contribution in [-0.2, 0) is 14.3 Å². The fourth-order valence-electron chi connectivity index (χ4n) is 4.52. The summed E-state index contributed by atoms with van der Waals surface area (Å²) in [7, 11) is 0. The first kappa shape index (κ1) is 24.7. The molecule has 2 fully saturated rings. The second-order valence-corrected chi connectivity index (χ2v) is 8.83. The summed E-state index contributed by atoms with van der Waals surface area (Å²) in [5, 5.41) is 11.2. The van der Waals surface area contributed by atoms with Gasteiger partial charge in [0.1, 0.15) is 18.1 Å². The fraction of sp³-hybridized carbons (Fsp3) is 0.357. The maximum Gasteiger partial charge on any atom is 0.295 e. The second-order valence-electron chi connectivity index (χ2n) is 8.83. The highest BCUT2D eigenvalue weighted by atomic mass is 16.5. The molecule has 0 saturated carbocycles. The van der Waals surface area contributed by atoms with Gasteiger partial charge in [0.2, 0.25) is 0 Å². The zero-order valence-electron chi connectivity index (χ0n) is 20.1. The van der Waals surface area contributed by atoms with Gasteiger partial charge in [-0.15, -0.1) is 0 Å². The van der Waals surface area contributed by atoms with Crippen LogP contribution in [0.25, 0.3) is 5.76 Å². The topological polar surface area (TPSA) is 79.3 Å². The molecule has 2 saturated heterocycles. The molecule has 4 rings (SSSR count). The van der Waals surface area contributed by atoms with Crippen LogP contribution in [0.15, 0.2) is 66.8 Å². The van der Waals surface area contributed by atoms with Crippen molar-refractivity contribution in [3.8, 4) is 5.75 Å². The molecule has 2 aromatic carbocycles. The minimum atomic E-state index is -0.661. The van der Waals surface area contributed by atoms with E-state index in [9.17, 15) is 14.7 Å². The minimum Gasteiger partial charge on any atom is -0.507 e. The van der Waals surface area contributed by atoms with Gasteiger partial charge in [0, 0.05) is 31.7 Å². The first-order valence-corrected chi connectivity index (χ1v) is 12.0. The number of rotatable bonds is 9. The Morgan fingerprint density at radius 1 is 1.09 bits per heavy atom. The molecule has 184 valence electrons. The minimum absolute atomic E-state index is 0.116. The van der Waals surface area contributed by atoms with Crippen LogP contribution in [0.3, 0.4) is 0 Å². The Hall–Kier alpha value is -3.42. The summed E-state index contributed by atoms with van der Waals surface area (Å²) in [6.45, 7) is 10.4. The van der Waals surface area contributed by atoms with Gasteiger partial charge in [-0.3, -0.25) is 14.5 Å². The molecular formula is C28H32N2O5. The predicted molar refractivity (Wildman–Crippen MR) is 134 cm³/mol. The lowest BCUT2D eigenvalue weighted by atomic mass is 9.94. The zero-order chi connectivity index (χ0) is 24.8. The second kappa shape index (κ2) is 11.3. The summed E-state index contributed by atoms with van der Waals surface area (Å²) in [6.07, 6.45) is 2.38. The normalized spacial score (nSPS) is 20.3. The summed E-state index contributed by atoms with van der Waals surface area (Å²) in [6, 6.07) is 13.9. The Labute approximate surface area is 206 Å². The Bertz CT molecular complexity index is 1090. The number of hydrogen-bond acceptors (Lipinski definition) is 6. The van der Waals surface area contributed by atoms with E-state index in [1.165, 1.54) is 0 Å². The van der Waals surface area contributed by atoms with Crippen LogP contribution in [0.4, 0.5) is 0 Å². The molecule has 0 spiro atoms. The first-order chi connectivity index (χ1) is 17.0. The molecule has 0 aliphatic carbocycles. The molecule has 1 atom stereocenters. The number of carbonyl (C=O) groups is 2. The van der Waals surface area contributed by atoms with E-state index < -0.39 is 17.7 Å². The predicted octanol–water partition coefficient (Wildman–Crippen LogP) is 3.70. The summed E-state index contributed by atoms with van der Waals surface area (Å²) in [5.74, 6) is -0.795. The van der Waals surface area contributed by atoms with Crippen LogP contribution in [-0.4, -0.2) is 72.6 Å². The number of benzene rings is 2. The molecule has 1 amide bonds. The number of amides is 1. The number of likely N-dealkylation sites (tertiary alicyclic amines) is 1. The molecule has 2 aliphatic heterocycles. The molecule has 0 bridgehead atoms. The van der Waals surface area contributed by atoms with Gasteiger partial charge < -0.3 is 19.5 Å². The first-order valence-electron chi connectivity index (χ1n) is 12.0. The quantitative estimate of drug-likeness (QED) is 0.257. The number of ether oxygens (including phenoxy) is 2. The monoisotopic (exact) mass is 476 g/mol. The van der Waals surface area contributed by atoms with Crippen LogP contribution < -0.4 is 4.74 Å². The molecule has 7 heteroatoms. The van der Waals surface area contributed by atoms with E-state index in [0.717, 1.165) is 37.2 Å². The van der Waals surface area contributed by atoms with Gasteiger partial charge in [0.15, 0.2) is 0 Å². The lowest BCUT2D eigenvalue weighted by Crippen LogP contribution is -2.38. The van der Waals surface area contributed by atoms with E-state index in [-0.39, 0.29) is 11.3 Å². The number of nitrogens with zero attached hydrogens (tertiary/aromatic N) is 2. The van der Waals surface area contributed by atoms with Gasteiger partial charge in [-0.25, -0.2) is 0 Å². The number of morpholine rings is 1. The molecule has 7 nitrogen and oxygen atoms in total. The highest BCUT2D eigenvalue weighted by Gasteiger charge is 2.45. The Morgan fingerprint density at radius 2 is 1.77 bits per heavy atom. The number of aryl methyl sites for hydroxylation is 1. The summed E-state index contributed by atoms with van der Waals surface area (Å²) < 4.78 is 10.9. The number of carbonyl (C=O) groups excluding carboxylic acids is 2. The van der Waals surface area contributed by atoms with E-state index in [0.29, 0.717) is 37.7 Å². The lowest BCUT2D eigenvalue weighted by Gasteiger charge is -2.29. The molecule has 1 N–H and O–H groups in total. The number of hydrogen-bond donors (Lipinski definition) is 1. The number of aliphatic hydroxyl groups excluding tert-OH is 1. The van der Waals surface area contributed by atoms with Gasteiger partial charge in [-0.1, -0.05) is 42.5 Å². The third-order valence-electron chi connectivity index (χ3n) is 6.41. The number of aliphatic hydroxyl groups is 1. The summed E-state index contributed by atoms with van der Waals surface area (Å²) in [5.41, 5.74) is 2.45. The molecule has 2 aliphatic rings. The van der Waals surface area contributed by atoms with Crippen molar-refractivity contribution in [1.29, 1.82) is 0 Å². The van der Waals surface area contributed by atoms with Crippen molar-refractivity contribution >= 4 is 17.4 Å². The van der Waals surface area contributed by atoms with Gasteiger partial charge in [0.25, 0.3) is 11.7 Å². The van der Waals surface area contributed by atoms with Crippen molar-refractivity contribution < 1.29 is 24.2 Å². The van der Waals surface area contributed by atoms with Gasteiger partial charge in [-0.05, 0) is 43.2 Å². The fourth-order valence-corrected chi connectivity index (χ4v) is 4.52. The molecular weight excluding hydrogens is 444 g/mol. The van der Waals surface area contributed by atoms with Crippen molar-refractivity contribution in [2.24, 2.45) is 0 Å². The summed E-state index contributed by atoms with van der Waals surface area (Å²) in [4.78, 5) is 30.2. The van der Waals surface area contributed by atoms with E-state index in [1.54, 1.807) is 35.2 Å². The van der Waals surface area contributed by atoms with Gasteiger partial charge >= 0.3 is 0 Å². The van der Waals surface area contributed by atoms with Gasteiger partial charge in [-0.2, -0.15) is 0 Å². The van der Waals surface area contributed by atoms with Crippen LogP contribution in [0.2, 0.25) is 0 Å². The van der Waals surface area contributed by atoms with Crippen molar-refractivity contribution in [1.82, 2.24) is 9.80 Å². The Kier molecular flexibility index (Phi) is 8.00.